The minimum absolute atomic E-state index is 0.307. The van der Waals surface area contributed by atoms with Crippen LogP contribution in [0.5, 0.6) is 0 Å². The smallest absolute Gasteiger partial charge is 0.0688 e. The van der Waals surface area contributed by atoms with Gasteiger partial charge in [0.05, 0.1) is 5.60 Å². The molecule has 0 bridgehead atoms. The molecule has 2 rings (SSSR count). The molecule has 0 N–H and O–H groups in total. The van der Waals surface area contributed by atoms with Crippen molar-refractivity contribution in [1.82, 2.24) is 0 Å². The predicted molar refractivity (Wildman–Crippen MR) is 50.2 cm³/mol. The highest BCUT2D eigenvalue weighted by molar-refractivity contribution is 4.94. The molecule has 1 atom stereocenters. The van der Waals surface area contributed by atoms with Crippen molar-refractivity contribution >= 4 is 0 Å². The van der Waals surface area contributed by atoms with E-state index >= 15 is 0 Å². The van der Waals surface area contributed by atoms with Crippen LogP contribution in [-0.2, 0) is 4.74 Å². The third-order valence-corrected chi connectivity index (χ3v) is 3.47. The molecular weight excluding hydrogens is 148 g/mol. The number of rotatable bonds is 0. The molecule has 1 saturated heterocycles. The zero-order valence-electron chi connectivity index (χ0n) is 8.36. The lowest BCUT2D eigenvalue weighted by molar-refractivity contribution is -0.0587. The summed E-state index contributed by atoms with van der Waals surface area (Å²) in [6.45, 7) is 5.78. The normalized spacial score (nSPS) is 40.5. The van der Waals surface area contributed by atoms with E-state index in [4.69, 9.17) is 4.74 Å². The van der Waals surface area contributed by atoms with Crippen molar-refractivity contribution in [3.8, 4) is 0 Å². The molecule has 0 aromatic rings. The Morgan fingerprint density at radius 1 is 1.00 bits per heavy atom. The lowest BCUT2D eigenvalue weighted by Crippen LogP contribution is -2.38. The summed E-state index contributed by atoms with van der Waals surface area (Å²) in [5.74, 6) is 0. The third kappa shape index (κ3) is 1.52. The van der Waals surface area contributed by atoms with E-state index in [0.717, 1.165) is 6.61 Å². The standard InChI is InChI=1S/C11H20O/c1-10(2)5-3-6-11(9-10)7-4-8-12-11/h3-9H2,1-2H3. The van der Waals surface area contributed by atoms with E-state index in [1.54, 1.807) is 0 Å². The fourth-order valence-electron chi connectivity index (χ4n) is 3.03. The summed E-state index contributed by atoms with van der Waals surface area (Å²) in [6, 6.07) is 0. The summed E-state index contributed by atoms with van der Waals surface area (Å²) in [4.78, 5) is 0. The van der Waals surface area contributed by atoms with Gasteiger partial charge < -0.3 is 4.74 Å². The first-order valence-corrected chi connectivity index (χ1v) is 5.26. The Hall–Kier alpha value is -0.0400. The maximum atomic E-state index is 5.92. The van der Waals surface area contributed by atoms with Crippen LogP contribution in [0.15, 0.2) is 0 Å². The Kier molecular flexibility index (Phi) is 1.95. The average Bonchev–Trinajstić information content (AvgIpc) is 2.34. The summed E-state index contributed by atoms with van der Waals surface area (Å²) in [5, 5.41) is 0. The molecule has 70 valence electrons. The molecule has 2 aliphatic rings. The average molecular weight is 168 g/mol. The molecular formula is C11H20O. The summed E-state index contributed by atoms with van der Waals surface area (Å²) in [7, 11) is 0. The largest absolute Gasteiger partial charge is 0.375 e. The molecule has 1 nitrogen and oxygen atoms in total. The SMILES string of the molecule is CC1(C)CCCC2(CCCO2)C1. The van der Waals surface area contributed by atoms with E-state index in [9.17, 15) is 0 Å². The topological polar surface area (TPSA) is 9.23 Å². The van der Waals surface area contributed by atoms with Gasteiger partial charge in [-0.25, -0.2) is 0 Å². The zero-order chi connectivity index (χ0) is 8.66. The monoisotopic (exact) mass is 168 g/mol. The summed E-state index contributed by atoms with van der Waals surface area (Å²) < 4.78 is 5.92. The highest BCUT2D eigenvalue weighted by Crippen LogP contribution is 2.47. The maximum Gasteiger partial charge on any atom is 0.0688 e. The molecule has 2 fully saturated rings. The minimum Gasteiger partial charge on any atom is -0.375 e. The van der Waals surface area contributed by atoms with Gasteiger partial charge >= 0.3 is 0 Å². The second-order valence-electron chi connectivity index (χ2n) is 5.33. The van der Waals surface area contributed by atoms with Crippen molar-refractivity contribution in [2.24, 2.45) is 5.41 Å². The first-order valence-electron chi connectivity index (χ1n) is 5.26. The van der Waals surface area contributed by atoms with E-state index < -0.39 is 0 Å². The van der Waals surface area contributed by atoms with E-state index in [2.05, 4.69) is 13.8 Å². The van der Waals surface area contributed by atoms with Gasteiger partial charge in [0.2, 0.25) is 0 Å². The van der Waals surface area contributed by atoms with Gasteiger partial charge in [-0.15, -0.1) is 0 Å². The van der Waals surface area contributed by atoms with Crippen molar-refractivity contribution in [1.29, 1.82) is 0 Å². The van der Waals surface area contributed by atoms with Crippen LogP contribution in [0.2, 0.25) is 0 Å². The molecule has 0 aromatic carbocycles. The summed E-state index contributed by atoms with van der Waals surface area (Å²) in [5.41, 5.74) is 0.838. The molecule has 1 unspecified atom stereocenters. The van der Waals surface area contributed by atoms with Gasteiger partial charge in [-0.1, -0.05) is 20.3 Å². The first-order chi connectivity index (χ1) is 5.62. The second-order valence-corrected chi connectivity index (χ2v) is 5.33. The van der Waals surface area contributed by atoms with Gasteiger partial charge in [-0.05, 0) is 37.5 Å². The van der Waals surface area contributed by atoms with E-state index in [-0.39, 0.29) is 0 Å². The molecule has 1 saturated carbocycles. The first kappa shape index (κ1) is 8.55. The molecule has 0 aromatic heterocycles. The minimum atomic E-state index is 0.307. The van der Waals surface area contributed by atoms with Crippen LogP contribution in [0, 0.1) is 5.41 Å². The van der Waals surface area contributed by atoms with Crippen LogP contribution >= 0.6 is 0 Å². The zero-order valence-corrected chi connectivity index (χ0v) is 8.36. The predicted octanol–water partition coefficient (Wildman–Crippen LogP) is 3.14. The molecule has 0 amide bonds. The highest BCUT2D eigenvalue weighted by atomic mass is 16.5. The van der Waals surface area contributed by atoms with E-state index in [1.807, 2.05) is 0 Å². The Labute approximate surface area is 75.5 Å². The summed E-state index contributed by atoms with van der Waals surface area (Å²) in [6.07, 6.45) is 7.97. The van der Waals surface area contributed by atoms with Crippen molar-refractivity contribution in [3.05, 3.63) is 0 Å². The van der Waals surface area contributed by atoms with Crippen LogP contribution in [0.4, 0.5) is 0 Å². The van der Waals surface area contributed by atoms with Gasteiger partial charge in [0.1, 0.15) is 0 Å². The van der Waals surface area contributed by atoms with Crippen LogP contribution < -0.4 is 0 Å². The van der Waals surface area contributed by atoms with Gasteiger partial charge in [0, 0.05) is 6.61 Å². The second kappa shape index (κ2) is 2.73. The molecule has 1 aliphatic heterocycles. The number of ether oxygens (including phenoxy) is 1. The molecule has 1 heterocycles. The fraction of sp³-hybridized carbons (Fsp3) is 1.00. The van der Waals surface area contributed by atoms with Crippen LogP contribution in [0.1, 0.15) is 52.4 Å². The molecule has 1 spiro atoms. The quantitative estimate of drug-likeness (QED) is 0.540. The molecule has 12 heavy (non-hydrogen) atoms. The van der Waals surface area contributed by atoms with Crippen molar-refractivity contribution in [2.75, 3.05) is 6.61 Å². The Morgan fingerprint density at radius 2 is 1.75 bits per heavy atom. The van der Waals surface area contributed by atoms with Crippen LogP contribution in [0.3, 0.4) is 0 Å². The lowest BCUT2D eigenvalue weighted by Gasteiger charge is -2.42. The molecule has 1 aliphatic carbocycles. The van der Waals surface area contributed by atoms with Crippen LogP contribution in [0.25, 0.3) is 0 Å². The lowest BCUT2D eigenvalue weighted by atomic mass is 9.69. The number of hydrogen-bond donors (Lipinski definition) is 0. The van der Waals surface area contributed by atoms with Gasteiger partial charge in [-0.2, -0.15) is 0 Å². The molecule has 1 heteroatoms. The van der Waals surface area contributed by atoms with Crippen molar-refractivity contribution in [2.45, 2.75) is 58.0 Å². The Bertz CT molecular complexity index is 166. The van der Waals surface area contributed by atoms with Crippen LogP contribution in [-0.4, -0.2) is 12.2 Å². The van der Waals surface area contributed by atoms with Crippen molar-refractivity contribution in [3.63, 3.8) is 0 Å². The molecule has 0 radical (unpaired) electrons. The maximum absolute atomic E-state index is 5.92. The van der Waals surface area contributed by atoms with Gasteiger partial charge in [0.25, 0.3) is 0 Å². The highest BCUT2D eigenvalue weighted by Gasteiger charge is 2.42. The Morgan fingerprint density at radius 3 is 2.33 bits per heavy atom. The van der Waals surface area contributed by atoms with E-state index in [0.29, 0.717) is 11.0 Å². The fourth-order valence-corrected chi connectivity index (χ4v) is 3.03. The van der Waals surface area contributed by atoms with Crippen molar-refractivity contribution < 1.29 is 4.74 Å². The Balaban J connectivity index is 2.07. The summed E-state index contributed by atoms with van der Waals surface area (Å²) >= 11 is 0. The third-order valence-electron chi connectivity index (χ3n) is 3.47. The number of hydrogen-bond acceptors (Lipinski definition) is 1. The van der Waals surface area contributed by atoms with Gasteiger partial charge in [-0.3, -0.25) is 0 Å². The van der Waals surface area contributed by atoms with E-state index in [1.165, 1.54) is 38.5 Å². The van der Waals surface area contributed by atoms with Gasteiger partial charge in [0.15, 0.2) is 0 Å².